The molecule has 0 aliphatic carbocycles. The molecule has 10 nitrogen and oxygen atoms in total. The number of hydrogen-bond donors (Lipinski definition) is 0. The van der Waals surface area contributed by atoms with Gasteiger partial charge in [-0.25, -0.2) is 0 Å². The molecule has 1 rings (SSSR count). The average Bonchev–Trinajstić information content (AvgIpc) is 2.92. The summed E-state index contributed by atoms with van der Waals surface area (Å²) in [6.07, 6.45) is 4.16. The van der Waals surface area contributed by atoms with Crippen LogP contribution >= 0.6 is 15.9 Å². The van der Waals surface area contributed by atoms with Crippen LogP contribution in [0.15, 0.2) is 4.47 Å². The Morgan fingerprint density at radius 3 is 1.59 bits per heavy atom. The summed E-state index contributed by atoms with van der Waals surface area (Å²) in [6.45, 7) is 5.72. The molecule has 1 aromatic carbocycles. The van der Waals surface area contributed by atoms with E-state index in [2.05, 4.69) is 15.9 Å². The molecule has 11 heteroatoms. The second-order valence-corrected chi connectivity index (χ2v) is 9.49. The van der Waals surface area contributed by atoms with E-state index >= 15 is 0 Å². The summed E-state index contributed by atoms with van der Waals surface area (Å²) in [5.41, 5.74) is -1.17. The van der Waals surface area contributed by atoms with Crippen molar-refractivity contribution in [1.82, 2.24) is 0 Å². The predicted octanol–water partition coefficient (Wildman–Crippen LogP) is 5.43. The van der Waals surface area contributed by atoms with Crippen molar-refractivity contribution in [3.8, 4) is 23.0 Å². The number of hydrogen-bond acceptors (Lipinski definition) is 10. The maximum atomic E-state index is 13.5. The molecule has 0 heterocycles. The summed E-state index contributed by atoms with van der Waals surface area (Å²) in [4.78, 5) is 38.6. The lowest BCUT2D eigenvalue weighted by molar-refractivity contribution is -0.173. The van der Waals surface area contributed by atoms with E-state index in [0.29, 0.717) is 46.7 Å². The van der Waals surface area contributed by atoms with Crippen molar-refractivity contribution in [1.29, 1.82) is 0 Å². The third-order valence-electron chi connectivity index (χ3n) is 6.27. The molecule has 0 bridgehead atoms. The van der Waals surface area contributed by atoms with Crippen LogP contribution < -0.4 is 18.9 Å². The van der Waals surface area contributed by atoms with Gasteiger partial charge in [0.25, 0.3) is 0 Å². The van der Waals surface area contributed by atoms with Gasteiger partial charge in [-0.1, -0.05) is 25.7 Å². The number of rotatable bonds is 19. The highest BCUT2D eigenvalue weighted by atomic mass is 79.9. The standard InChI is InChI=1S/C28H43BrO10/c1-8-37-20(30)16-14-12-11-13-15-17-28(26(31)38-9-2,27(32)39-10-3)18-19-21(29)23(34-5)25(36-7)24(35-6)22(19)33-4/h8-18H2,1-7H3. The van der Waals surface area contributed by atoms with Crippen LogP contribution in [0.25, 0.3) is 0 Å². The van der Waals surface area contributed by atoms with Crippen molar-refractivity contribution in [2.45, 2.75) is 72.1 Å². The first kappa shape index (κ1) is 34.3. The van der Waals surface area contributed by atoms with Gasteiger partial charge in [0.15, 0.2) is 16.9 Å². The molecular weight excluding hydrogens is 576 g/mol. The second-order valence-electron chi connectivity index (χ2n) is 8.70. The van der Waals surface area contributed by atoms with Gasteiger partial charge in [-0.3, -0.25) is 14.4 Å². The monoisotopic (exact) mass is 618 g/mol. The minimum atomic E-state index is -1.64. The van der Waals surface area contributed by atoms with E-state index in [1.54, 1.807) is 20.8 Å². The van der Waals surface area contributed by atoms with Crippen LogP contribution in [0.3, 0.4) is 0 Å². The maximum absolute atomic E-state index is 13.5. The minimum Gasteiger partial charge on any atom is -0.492 e. The molecule has 0 N–H and O–H groups in total. The van der Waals surface area contributed by atoms with Crippen LogP contribution in [0, 0.1) is 5.41 Å². The van der Waals surface area contributed by atoms with Crippen LogP contribution in [0.2, 0.25) is 0 Å². The molecule has 0 saturated heterocycles. The maximum Gasteiger partial charge on any atom is 0.323 e. The Bertz CT molecular complexity index is 929. The Balaban J connectivity index is 3.41. The van der Waals surface area contributed by atoms with Gasteiger partial charge in [0.05, 0.1) is 52.7 Å². The van der Waals surface area contributed by atoms with Gasteiger partial charge in [-0.2, -0.15) is 0 Å². The Kier molecular flexibility index (Phi) is 15.7. The van der Waals surface area contributed by atoms with E-state index in [1.807, 2.05) is 0 Å². The molecule has 1 aromatic rings. The SMILES string of the molecule is CCOC(=O)CCCCCCCC(Cc1c(Br)c(OC)c(OC)c(OC)c1OC)(C(=O)OCC)C(=O)OCC. The zero-order valence-corrected chi connectivity index (χ0v) is 25.8. The highest BCUT2D eigenvalue weighted by Crippen LogP contribution is 2.53. The zero-order chi connectivity index (χ0) is 29.4. The molecule has 0 atom stereocenters. The highest BCUT2D eigenvalue weighted by Gasteiger charge is 2.50. The fourth-order valence-corrected chi connectivity index (χ4v) is 5.09. The van der Waals surface area contributed by atoms with Crippen molar-refractivity contribution < 1.29 is 47.5 Å². The van der Waals surface area contributed by atoms with E-state index in [4.69, 9.17) is 33.2 Å². The van der Waals surface area contributed by atoms with E-state index in [9.17, 15) is 14.4 Å². The van der Waals surface area contributed by atoms with Crippen LogP contribution in [0.4, 0.5) is 0 Å². The van der Waals surface area contributed by atoms with Crippen LogP contribution in [0.5, 0.6) is 23.0 Å². The molecule has 222 valence electrons. The van der Waals surface area contributed by atoms with E-state index in [1.165, 1.54) is 28.4 Å². The quantitative estimate of drug-likeness (QED) is 0.0859. The molecule has 39 heavy (non-hydrogen) atoms. The summed E-state index contributed by atoms with van der Waals surface area (Å²) in [5.74, 6) is -0.369. The largest absolute Gasteiger partial charge is 0.492 e. The normalized spacial score (nSPS) is 11.0. The number of halogens is 1. The van der Waals surface area contributed by atoms with Gasteiger partial charge < -0.3 is 33.2 Å². The lowest BCUT2D eigenvalue weighted by Crippen LogP contribution is -2.44. The molecule has 0 aliphatic heterocycles. The molecule has 0 amide bonds. The highest BCUT2D eigenvalue weighted by molar-refractivity contribution is 9.10. The molecule has 0 unspecified atom stereocenters. The Hall–Kier alpha value is -2.69. The molecule has 0 saturated carbocycles. The number of esters is 3. The first-order valence-corrected chi connectivity index (χ1v) is 14.1. The number of benzene rings is 1. The number of carbonyl (C=O) groups excluding carboxylic acids is 3. The first-order chi connectivity index (χ1) is 18.7. The fourth-order valence-electron chi connectivity index (χ4n) is 4.43. The third kappa shape index (κ3) is 8.91. The van der Waals surface area contributed by atoms with E-state index in [0.717, 1.165) is 25.7 Å². The number of methoxy groups -OCH3 is 4. The number of carbonyl (C=O) groups is 3. The molecule has 0 fully saturated rings. The first-order valence-electron chi connectivity index (χ1n) is 13.3. The van der Waals surface area contributed by atoms with Gasteiger partial charge >= 0.3 is 17.9 Å². The van der Waals surface area contributed by atoms with Crippen molar-refractivity contribution in [3.05, 3.63) is 10.0 Å². The third-order valence-corrected chi connectivity index (χ3v) is 7.11. The summed E-state index contributed by atoms with van der Waals surface area (Å²) in [6, 6.07) is 0. The molecular formula is C28H43BrO10. The molecule has 0 radical (unpaired) electrons. The van der Waals surface area contributed by atoms with Crippen LogP contribution in [0.1, 0.15) is 71.3 Å². The minimum absolute atomic E-state index is 0.0893. The Labute approximate surface area is 240 Å². The smallest absolute Gasteiger partial charge is 0.323 e. The van der Waals surface area contributed by atoms with E-state index in [-0.39, 0.29) is 37.8 Å². The molecule has 0 aliphatic rings. The van der Waals surface area contributed by atoms with Gasteiger partial charge in [-0.05, 0) is 49.5 Å². The topological polar surface area (TPSA) is 116 Å². The van der Waals surface area contributed by atoms with Crippen molar-refractivity contribution >= 4 is 33.8 Å². The zero-order valence-electron chi connectivity index (χ0n) is 24.2. The van der Waals surface area contributed by atoms with Crippen LogP contribution in [-0.2, 0) is 35.0 Å². The molecule has 0 spiro atoms. The summed E-state index contributed by atoms with van der Waals surface area (Å²) >= 11 is 3.57. The van der Waals surface area contributed by atoms with Gasteiger partial charge in [0.2, 0.25) is 11.5 Å². The fraction of sp³-hybridized carbons (Fsp3) is 0.679. The van der Waals surface area contributed by atoms with Gasteiger partial charge in [0, 0.05) is 18.4 Å². The predicted molar refractivity (Wildman–Crippen MR) is 149 cm³/mol. The van der Waals surface area contributed by atoms with E-state index < -0.39 is 17.4 Å². The van der Waals surface area contributed by atoms with Crippen LogP contribution in [-0.4, -0.2) is 66.2 Å². The van der Waals surface area contributed by atoms with Crippen molar-refractivity contribution in [3.63, 3.8) is 0 Å². The molecule has 0 aromatic heterocycles. The van der Waals surface area contributed by atoms with Crippen molar-refractivity contribution in [2.75, 3.05) is 48.3 Å². The number of ether oxygens (including phenoxy) is 7. The Morgan fingerprint density at radius 1 is 0.641 bits per heavy atom. The lowest BCUT2D eigenvalue weighted by atomic mass is 9.76. The lowest BCUT2D eigenvalue weighted by Gasteiger charge is -2.31. The second kappa shape index (κ2) is 17.8. The Morgan fingerprint density at radius 2 is 1.10 bits per heavy atom. The summed E-state index contributed by atoms with van der Waals surface area (Å²) in [7, 11) is 5.88. The van der Waals surface area contributed by atoms with Gasteiger partial charge in [-0.15, -0.1) is 0 Å². The average molecular weight is 620 g/mol. The van der Waals surface area contributed by atoms with Gasteiger partial charge in [0.1, 0.15) is 0 Å². The van der Waals surface area contributed by atoms with Crippen molar-refractivity contribution in [2.24, 2.45) is 5.41 Å². The summed E-state index contributed by atoms with van der Waals surface area (Å²) in [5, 5.41) is 0. The number of unbranched alkanes of at least 4 members (excludes halogenated alkanes) is 4. The summed E-state index contributed by atoms with van der Waals surface area (Å²) < 4.78 is 38.6.